The predicted octanol–water partition coefficient (Wildman–Crippen LogP) is 3.00. The van der Waals surface area contributed by atoms with E-state index in [-0.39, 0.29) is 0 Å². The number of pyridine rings is 1. The zero-order valence-corrected chi connectivity index (χ0v) is 15.5. The third-order valence-electron chi connectivity index (χ3n) is 3.78. The van der Waals surface area contributed by atoms with Crippen LogP contribution in [0.5, 0.6) is 5.88 Å². The zero-order chi connectivity index (χ0) is 18.9. The van der Waals surface area contributed by atoms with Crippen molar-refractivity contribution >= 4 is 5.96 Å². The second kappa shape index (κ2) is 9.38. The molecule has 0 atom stereocenters. The van der Waals surface area contributed by atoms with Crippen LogP contribution >= 0.6 is 0 Å². The Labute approximate surface area is 158 Å². The van der Waals surface area contributed by atoms with Crippen molar-refractivity contribution in [3.8, 4) is 17.3 Å². The van der Waals surface area contributed by atoms with Crippen molar-refractivity contribution in [1.29, 1.82) is 0 Å². The van der Waals surface area contributed by atoms with E-state index in [4.69, 9.17) is 9.15 Å². The molecule has 0 aliphatic carbocycles. The second-order valence-electron chi connectivity index (χ2n) is 5.72. The number of ether oxygens (including phenoxy) is 1. The lowest BCUT2D eigenvalue weighted by molar-refractivity contribution is 0.326. The molecule has 3 aromatic rings. The van der Waals surface area contributed by atoms with E-state index in [1.54, 1.807) is 19.5 Å². The van der Waals surface area contributed by atoms with E-state index in [9.17, 15) is 0 Å². The Bertz CT molecular complexity index is 877. The molecule has 0 aliphatic heterocycles. The lowest BCUT2D eigenvalue weighted by atomic mass is 10.2. The summed E-state index contributed by atoms with van der Waals surface area (Å²) in [4.78, 5) is 12.9. The van der Waals surface area contributed by atoms with Gasteiger partial charge in [0.1, 0.15) is 6.26 Å². The predicted molar refractivity (Wildman–Crippen MR) is 104 cm³/mol. The molecule has 0 saturated carbocycles. The molecule has 0 bridgehead atoms. The summed E-state index contributed by atoms with van der Waals surface area (Å²) in [5.41, 5.74) is 2.82. The minimum atomic E-state index is 0.510. The van der Waals surface area contributed by atoms with E-state index in [1.165, 1.54) is 0 Å². The summed E-state index contributed by atoms with van der Waals surface area (Å²) in [6, 6.07) is 13.7. The summed E-state index contributed by atoms with van der Waals surface area (Å²) >= 11 is 0. The standard InChI is InChI=1S/C20H23N5O2/c1-3-26-18-11-15(9-10-22-18)12-23-20(21-2)24-13-17-14-27-19(25-17)16-7-5-4-6-8-16/h4-11,14H,3,12-13H2,1-2H3,(H2,21,23,24). The van der Waals surface area contributed by atoms with Crippen molar-refractivity contribution < 1.29 is 9.15 Å². The smallest absolute Gasteiger partial charge is 0.226 e. The van der Waals surface area contributed by atoms with Gasteiger partial charge >= 0.3 is 0 Å². The number of rotatable bonds is 7. The lowest BCUT2D eigenvalue weighted by Crippen LogP contribution is -2.36. The van der Waals surface area contributed by atoms with Gasteiger partial charge in [0.25, 0.3) is 0 Å². The minimum Gasteiger partial charge on any atom is -0.478 e. The zero-order valence-electron chi connectivity index (χ0n) is 15.5. The molecule has 7 nitrogen and oxygen atoms in total. The molecule has 1 aromatic carbocycles. The maximum atomic E-state index is 5.55. The molecule has 0 spiro atoms. The maximum absolute atomic E-state index is 5.55. The van der Waals surface area contributed by atoms with Crippen molar-refractivity contribution in [3.63, 3.8) is 0 Å². The number of nitrogens with zero attached hydrogens (tertiary/aromatic N) is 3. The van der Waals surface area contributed by atoms with Crippen molar-refractivity contribution in [2.24, 2.45) is 4.99 Å². The monoisotopic (exact) mass is 365 g/mol. The third kappa shape index (κ3) is 5.31. The van der Waals surface area contributed by atoms with Gasteiger partial charge in [0.15, 0.2) is 5.96 Å². The molecule has 0 unspecified atom stereocenters. The Morgan fingerprint density at radius 3 is 2.74 bits per heavy atom. The Hall–Kier alpha value is -3.35. The number of aromatic nitrogens is 2. The van der Waals surface area contributed by atoms with Gasteiger partial charge < -0.3 is 19.8 Å². The fraction of sp³-hybridized carbons (Fsp3) is 0.250. The van der Waals surface area contributed by atoms with E-state index in [2.05, 4.69) is 25.6 Å². The molecule has 2 aromatic heterocycles. The van der Waals surface area contributed by atoms with Crippen LogP contribution in [0.25, 0.3) is 11.5 Å². The lowest BCUT2D eigenvalue weighted by Gasteiger charge is -2.11. The van der Waals surface area contributed by atoms with Gasteiger partial charge in [-0.05, 0) is 30.7 Å². The number of aliphatic imine (C=N–C) groups is 1. The topological polar surface area (TPSA) is 84.6 Å². The van der Waals surface area contributed by atoms with Crippen LogP contribution in [0.15, 0.2) is 64.3 Å². The molecule has 0 aliphatic rings. The number of benzene rings is 1. The summed E-state index contributed by atoms with van der Waals surface area (Å²) in [6.07, 6.45) is 3.39. The summed E-state index contributed by atoms with van der Waals surface area (Å²) < 4.78 is 11.0. The molecule has 2 N–H and O–H groups in total. The highest BCUT2D eigenvalue weighted by atomic mass is 16.5. The van der Waals surface area contributed by atoms with Crippen molar-refractivity contribution in [1.82, 2.24) is 20.6 Å². The van der Waals surface area contributed by atoms with Gasteiger partial charge in [-0.3, -0.25) is 4.99 Å². The fourth-order valence-electron chi connectivity index (χ4n) is 2.47. The summed E-state index contributed by atoms with van der Waals surface area (Å²) in [5, 5.41) is 6.49. The third-order valence-corrected chi connectivity index (χ3v) is 3.78. The van der Waals surface area contributed by atoms with Crippen LogP contribution in [0.3, 0.4) is 0 Å². The van der Waals surface area contributed by atoms with E-state index in [0.717, 1.165) is 16.8 Å². The quantitative estimate of drug-likeness (QED) is 0.495. The van der Waals surface area contributed by atoms with Gasteiger partial charge in [0, 0.05) is 31.4 Å². The first-order valence-electron chi connectivity index (χ1n) is 8.80. The normalized spacial score (nSPS) is 11.3. The number of nitrogens with one attached hydrogen (secondary N) is 2. The summed E-state index contributed by atoms with van der Waals surface area (Å²) in [5.74, 6) is 1.90. The number of oxazole rings is 1. The molecule has 7 heteroatoms. The maximum Gasteiger partial charge on any atom is 0.226 e. The first-order valence-corrected chi connectivity index (χ1v) is 8.80. The highest BCUT2D eigenvalue weighted by Crippen LogP contribution is 2.17. The molecule has 3 rings (SSSR count). The largest absolute Gasteiger partial charge is 0.478 e. The Morgan fingerprint density at radius 1 is 1.15 bits per heavy atom. The molecular formula is C20H23N5O2. The molecule has 0 saturated heterocycles. The Kier molecular flexibility index (Phi) is 6.40. The molecule has 27 heavy (non-hydrogen) atoms. The van der Waals surface area contributed by atoms with Gasteiger partial charge in [-0.1, -0.05) is 18.2 Å². The van der Waals surface area contributed by atoms with E-state index >= 15 is 0 Å². The molecule has 0 fully saturated rings. The van der Waals surface area contributed by atoms with Gasteiger partial charge in [0.2, 0.25) is 11.8 Å². The van der Waals surface area contributed by atoms with Gasteiger partial charge in [0.05, 0.1) is 18.8 Å². The van der Waals surface area contributed by atoms with Crippen LogP contribution in [0, 0.1) is 0 Å². The molecule has 140 valence electrons. The highest BCUT2D eigenvalue weighted by Gasteiger charge is 2.07. The van der Waals surface area contributed by atoms with Crippen LogP contribution in [-0.4, -0.2) is 29.6 Å². The average molecular weight is 365 g/mol. The summed E-state index contributed by atoms with van der Waals surface area (Å²) in [7, 11) is 1.73. The van der Waals surface area contributed by atoms with Gasteiger partial charge in [-0.2, -0.15) is 0 Å². The van der Waals surface area contributed by atoms with Gasteiger partial charge in [-0.25, -0.2) is 9.97 Å². The second-order valence-corrected chi connectivity index (χ2v) is 5.72. The molecule has 0 radical (unpaired) electrons. The van der Waals surface area contributed by atoms with E-state index < -0.39 is 0 Å². The SMILES string of the molecule is CCOc1cc(CNC(=NC)NCc2coc(-c3ccccc3)n2)ccn1. The van der Waals surface area contributed by atoms with Crippen molar-refractivity contribution in [2.45, 2.75) is 20.0 Å². The number of guanidine groups is 1. The first kappa shape index (κ1) is 18.4. The highest BCUT2D eigenvalue weighted by molar-refractivity contribution is 5.79. The van der Waals surface area contributed by atoms with E-state index in [1.807, 2.05) is 49.4 Å². The van der Waals surface area contributed by atoms with Crippen molar-refractivity contribution in [3.05, 3.63) is 66.2 Å². The van der Waals surface area contributed by atoms with Crippen LogP contribution in [0.4, 0.5) is 0 Å². The Morgan fingerprint density at radius 2 is 1.96 bits per heavy atom. The molecule has 0 amide bonds. The molecular weight excluding hydrogens is 342 g/mol. The van der Waals surface area contributed by atoms with Crippen LogP contribution in [0.1, 0.15) is 18.2 Å². The van der Waals surface area contributed by atoms with Crippen molar-refractivity contribution in [2.75, 3.05) is 13.7 Å². The average Bonchev–Trinajstić information content (AvgIpc) is 3.18. The van der Waals surface area contributed by atoms with E-state index in [0.29, 0.717) is 37.4 Å². The first-order chi connectivity index (χ1) is 13.3. The summed E-state index contributed by atoms with van der Waals surface area (Å²) in [6.45, 7) is 3.65. The fourth-order valence-corrected chi connectivity index (χ4v) is 2.47. The van der Waals surface area contributed by atoms with Gasteiger partial charge in [-0.15, -0.1) is 0 Å². The number of hydrogen-bond donors (Lipinski definition) is 2. The molecule has 2 heterocycles. The number of hydrogen-bond acceptors (Lipinski definition) is 5. The Balaban J connectivity index is 1.52. The van der Waals surface area contributed by atoms with Crippen LogP contribution in [-0.2, 0) is 13.1 Å². The minimum absolute atomic E-state index is 0.510. The van der Waals surface area contributed by atoms with Crippen LogP contribution in [0.2, 0.25) is 0 Å². The van der Waals surface area contributed by atoms with Crippen LogP contribution < -0.4 is 15.4 Å².